The number of rotatable bonds is 2. The lowest BCUT2D eigenvalue weighted by molar-refractivity contribution is -0.119. The van der Waals surface area contributed by atoms with Crippen LogP contribution >= 0.6 is 11.8 Å². The highest BCUT2D eigenvalue weighted by molar-refractivity contribution is 8.16. The third-order valence-electron chi connectivity index (χ3n) is 4.60. The second kappa shape index (κ2) is 6.41. The number of hydrogen-bond donors (Lipinski definition) is 0. The van der Waals surface area contributed by atoms with Gasteiger partial charge in [0.2, 0.25) is 12.7 Å². The summed E-state index contributed by atoms with van der Waals surface area (Å²) in [4.78, 5) is 18.7. The summed E-state index contributed by atoms with van der Waals surface area (Å²) in [6.45, 7) is 6.14. The molecule has 0 aromatic heterocycles. The van der Waals surface area contributed by atoms with Crippen LogP contribution in [0.15, 0.2) is 23.2 Å². The lowest BCUT2D eigenvalue weighted by atomic mass is 9.92. The van der Waals surface area contributed by atoms with E-state index in [4.69, 9.17) is 9.47 Å². The molecule has 3 heterocycles. The van der Waals surface area contributed by atoms with Crippen molar-refractivity contribution in [1.29, 1.82) is 0 Å². The van der Waals surface area contributed by atoms with Crippen molar-refractivity contribution in [2.75, 3.05) is 23.2 Å². The maximum absolute atomic E-state index is 12.4. The molecule has 146 valence electrons. The summed E-state index contributed by atoms with van der Waals surface area (Å²) < 4.78 is 35.1. The predicted octanol–water partition coefficient (Wildman–Crippen LogP) is 2.45. The van der Waals surface area contributed by atoms with Gasteiger partial charge in [-0.25, -0.2) is 8.42 Å². The van der Waals surface area contributed by atoms with Gasteiger partial charge in [0, 0.05) is 23.4 Å². The average molecular weight is 411 g/mol. The van der Waals surface area contributed by atoms with Crippen molar-refractivity contribution < 1.29 is 22.7 Å². The molecule has 3 aliphatic rings. The van der Waals surface area contributed by atoms with Crippen molar-refractivity contribution in [1.82, 2.24) is 0 Å². The SMILES string of the molecule is CC(C)(C)CC(=O)N=C1S[C@H]2CS(=O)(=O)C[C@H]2N1c1ccc2c(c1)OCO2. The lowest BCUT2D eigenvalue weighted by Gasteiger charge is -2.25. The number of amidine groups is 1. The molecule has 0 radical (unpaired) electrons. The molecule has 0 unspecified atom stereocenters. The summed E-state index contributed by atoms with van der Waals surface area (Å²) in [5.41, 5.74) is 0.603. The number of fused-ring (bicyclic) bond motifs is 2. The van der Waals surface area contributed by atoms with E-state index >= 15 is 0 Å². The van der Waals surface area contributed by atoms with Gasteiger partial charge >= 0.3 is 0 Å². The second-order valence-corrected chi connectivity index (χ2v) is 11.6. The molecule has 1 aromatic rings. The highest BCUT2D eigenvalue weighted by Gasteiger charge is 2.49. The number of benzene rings is 1. The normalized spacial score (nSPS) is 27.2. The van der Waals surface area contributed by atoms with Crippen molar-refractivity contribution in [3.05, 3.63) is 18.2 Å². The van der Waals surface area contributed by atoms with Gasteiger partial charge in [-0.2, -0.15) is 4.99 Å². The molecule has 0 saturated carbocycles. The third-order valence-corrected chi connectivity index (χ3v) is 7.81. The third kappa shape index (κ3) is 3.80. The molecule has 7 nitrogen and oxygen atoms in total. The second-order valence-electron chi connectivity index (χ2n) is 8.23. The number of nitrogens with zero attached hydrogens (tertiary/aromatic N) is 2. The van der Waals surface area contributed by atoms with Gasteiger partial charge in [-0.3, -0.25) is 4.79 Å². The van der Waals surface area contributed by atoms with E-state index in [-0.39, 0.29) is 40.9 Å². The Bertz CT molecular complexity index is 920. The Kier molecular flexibility index (Phi) is 4.42. The van der Waals surface area contributed by atoms with Crippen LogP contribution in [0.3, 0.4) is 0 Å². The van der Waals surface area contributed by atoms with Gasteiger partial charge in [-0.1, -0.05) is 32.5 Å². The molecule has 0 N–H and O–H groups in total. The summed E-state index contributed by atoms with van der Waals surface area (Å²) in [5.74, 6) is 1.24. The first-order valence-corrected chi connectivity index (χ1v) is 11.5. The zero-order valence-electron chi connectivity index (χ0n) is 15.5. The van der Waals surface area contributed by atoms with Gasteiger partial charge in [0.1, 0.15) is 0 Å². The van der Waals surface area contributed by atoms with Crippen LogP contribution in [0.4, 0.5) is 5.69 Å². The molecule has 2 saturated heterocycles. The number of sulfone groups is 1. The molecule has 0 aliphatic carbocycles. The Morgan fingerprint density at radius 3 is 2.74 bits per heavy atom. The van der Waals surface area contributed by atoms with Crippen LogP contribution in [-0.4, -0.2) is 49.1 Å². The molecule has 0 bridgehead atoms. The molecule has 0 spiro atoms. The van der Waals surface area contributed by atoms with E-state index in [1.165, 1.54) is 11.8 Å². The molecular formula is C18H22N2O5S2. The lowest BCUT2D eigenvalue weighted by Crippen LogP contribution is -2.37. The van der Waals surface area contributed by atoms with Gasteiger partial charge in [0.05, 0.1) is 17.5 Å². The van der Waals surface area contributed by atoms with Gasteiger partial charge in [-0.05, 0) is 17.5 Å². The largest absolute Gasteiger partial charge is 0.454 e. The Labute approximate surface area is 163 Å². The molecule has 4 rings (SSSR count). The van der Waals surface area contributed by atoms with E-state index in [1.807, 2.05) is 37.8 Å². The standard InChI is InChI=1S/C18H22N2O5S2/c1-18(2,3)7-16(21)19-17-20(12-8-27(22,23)9-15(12)26-17)11-4-5-13-14(6-11)25-10-24-13/h4-6,12,15H,7-10H2,1-3H3/t12-,15+/m1/s1. The fraction of sp³-hybridized carbons (Fsp3) is 0.556. The number of anilines is 1. The van der Waals surface area contributed by atoms with E-state index in [0.29, 0.717) is 23.1 Å². The minimum atomic E-state index is -3.10. The summed E-state index contributed by atoms with van der Waals surface area (Å²) in [6, 6.07) is 5.24. The summed E-state index contributed by atoms with van der Waals surface area (Å²) >= 11 is 1.38. The Morgan fingerprint density at radius 2 is 2.00 bits per heavy atom. The molecule has 2 atom stereocenters. The first-order valence-electron chi connectivity index (χ1n) is 8.79. The van der Waals surface area contributed by atoms with Crippen LogP contribution in [0.25, 0.3) is 0 Å². The van der Waals surface area contributed by atoms with Crippen LogP contribution in [0, 0.1) is 5.41 Å². The minimum Gasteiger partial charge on any atom is -0.454 e. The first-order chi connectivity index (χ1) is 12.6. The number of thioether (sulfide) groups is 1. The number of carbonyl (C=O) groups excluding carboxylic acids is 1. The van der Waals surface area contributed by atoms with E-state index in [9.17, 15) is 13.2 Å². The zero-order valence-corrected chi connectivity index (χ0v) is 17.1. The molecule has 1 aromatic carbocycles. The van der Waals surface area contributed by atoms with Crippen LogP contribution in [0.1, 0.15) is 27.2 Å². The Hall–Kier alpha value is -1.74. The van der Waals surface area contributed by atoms with Crippen LogP contribution in [0.2, 0.25) is 0 Å². The first kappa shape index (κ1) is 18.6. The smallest absolute Gasteiger partial charge is 0.248 e. The van der Waals surface area contributed by atoms with Gasteiger partial charge in [0.25, 0.3) is 0 Å². The van der Waals surface area contributed by atoms with Gasteiger partial charge < -0.3 is 14.4 Å². The fourth-order valence-corrected chi connectivity index (χ4v) is 7.43. The summed E-state index contributed by atoms with van der Waals surface area (Å²) in [7, 11) is -3.10. The van der Waals surface area contributed by atoms with Crippen molar-refractivity contribution in [2.45, 2.75) is 38.5 Å². The van der Waals surface area contributed by atoms with E-state index in [0.717, 1.165) is 5.69 Å². The van der Waals surface area contributed by atoms with Crippen molar-refractivity contribution >= 4 is 38.4 Å². The van der Waals surface area contributed by atoms with E-state index in [1.54, 1.807) is 6.07 Å². The maximum Gasteiger partial charge on any atom is 0.248 e. The number of amides is 1. The van der Waals surface area contributed by atoms with Crippen LogP contribution < -0.4 is 14.4 Å². The number of carbonyl (C=O) groups is 1. The Morgan fingerprint density at radius 1 is 1.26 bits per heavy atom. The van der Waals surface area contributed by atoms with E-state index < -0.39 is 9.84 Å². The van der Waals surface area contributed by atoms with Crippen molar-refractivity contribution in [3.63, 3.8) is 0 Å². The fourth-order valence-electron chi connectivity index (χ4n) is 3.50. The Balaban J connectivity index is 1.70. The topological polar surface area (TPSA) is 85.3 Å². The molecular weight excluding hydrogens is 388 g/mol. The molecule has 27 heavy (non-hydrogen) atoms. The number of aliphatic imine (C=N–C) groups is 1. The average Bonchev–Trinajstić information content (AvgIpc) is 3.16. The van der Waals surface area contributed by atoms with Crippen LogP contribution in [-0.2, 0) is 14.6 Å². The van der Waals surface area contributed by atoms with Gasteiger partial charge in [-0.15, -0.1) is 0 Å². The zero-order chi connectivity index (χ0) is 19.4. The number of ether oxygens (including phenoxy) is 2. The molecule has 3 aliphatic heterocycles. The summed E-state index contributed by atoms with van der Waals surface area (Å²) in [5, 5.41) is 0.439. The molecule has 1 amide bonds. The maximum atomic E-state index is 12.4. The van der Waals surface area contributed by atoms with Crippen molar-refractivity contribution in [3.8, 4) is 11.5 Å². The van der Waals surface area contributed by atoms with E-state index in [2.05, 4.69) is 4.99 Å². The minimum absolute atomic E-state index is 0.0611. The monoisotopic (exact) mass is 410 g/mol. The quantitative estimate of drug-likeness (QED) is 0.740. The molecule has 9 heteroatoms. The summed E-state index contributed by atoms with van der Waals surface area (Å²) in [6.07, 6.45) is 0.333. The molecule has 2 fully saturated rings. The predicted molar refractivity (Wildman–Crippen MR) is 105 cm³/mol. The van der Waals surface area contributed by atoms with Crippen molar-refractivity contribution in [2.24, 2.45) is 10.4 Å². The number of hydrogen-bond acceptors (Lipinski definition) is 6. The van der Waals surface area contributed by atoms with Crippen LogP contribution in [0.5, 0.6) is 11.5 Å². The highest BCUT2D eigenvalue weighted by atomic mass is 32.2. The highest BCUT2D eigenvalue weighted by Crippen LogP contribution is 2.44. The van der Waals surface area contributed by atoms with Gasteiger partial charge in [0.15, 0.2) is 26.5 Å².